The van der Waals surface area contributed by atoms with E-state index in [0.29, 0.717) is 19.5 Å². The lowest BCUT2D eigenvalue weighted by atomic mass is 10.1. The average Bonchev–Trinajstić information content (AvgIpc) is 2.64. The quantitative estimate of drug-likeness (QED) is 0.618. The molecule has 2 amide bonds. The van der Waals surface area contributed by atoms with Gasteiger partial charge in [0.2, 0.25) is 5.91 Å². The Kier molecular flexibility index (Phi) is 6.80. The highest BCUT2D eigenvalue weighted by atomic mass is 17.2. The van der Waals surface area contributed by atoms with Gasteiger partial charge in [-0.1, -0.05) is 44.2 Å². The van der Waals surface area contributed by atoms with Crippen LogP contribution in [0.3, 0.4) is 0 Å². The fourth-order valence-electron chi connectivity index (χ4n) is 2.54. The molecule has 0 saturated carbocycles. The van der Waals surface area contributed by atoms with E-state index < -0.39 is 12.1 Å². The van der Waals surface area contributed by atoms with E-state index in [1.54, 1.807) is 13.8 Å². The van der Waals surface area contributed by atoms with Gasteiger partial charge in [0.25, 0.3) is 0 Å². The second-order valence-corrected chi connectivity index (χ2v) is 6.24. The average molecular weight is 348 g/mol. The summed E-state index contributed by atoms with van der Waals surface area (Å²) in [5, 5.41) is 2.57. The molecule has 1 saturated heterocycles. The van der Waals surface area contributed by atoms with Crippen molar-refractivity contribution in [1.29, 1.82) is 0 Å². The highest BCUT2D eigenvalue weighted by Gasteiger charge is 2.32. The van der Waals surface area contributed by atoms with Crippen LogP contribution in [-0.2, 0) is 25.8 Å². The Morgan fingerprint density at radius 1 is 1.00 bits per heavy atom. The number of hydrogen-bond donors (Lipinski definition) is 0. The highest BCUT2D eigenvalue weighted by molar-refractivity contribution is 5.81. The number of carbonyl (C=O) groups excluding carboxylic acids is 3. The van der Waals surface area contributed by atoms with E-state index in [1.165, 1.54) is 10.0 Å². The van der Waals surface area contributed by atoms with Crippen LogP contribution in [0.5, 0.6) is 0 Å². The standard InChI is InChI=1S/C18H24N2O5/c1-14(2)17(22)19-12-6-7-13-20(19)18(23)25-24-16(21)11-10-15-8-4-3-5-9-15/h3-5,8-9,14H,6-7,10-13H2,1-2H3. The van der Waals surface area contributed by atoms with Crippen molar-refractivity contribution in [3.05, 3.63) is 35.9 Å². The molecule has 1 aromatic rings. The summed E-state index contributed by atoms with van der Waals surface area (Å²) >= 11 is 0. The zero-order valence-electron chi connectivity index (χ0n) is 14.6. The van der Waals surface area contributed by atoms with Crippen molar-refractivity contribution in [2.45, 2.75) is 39.5 Å². The summed E-state index contributed by atoms with van der Waals surface area (Å²) in [6, 6.07) is 9.48. The Morgan fingerprint density at radius 2 is 1.64 bits per heavy atom. The second kappa shape index (κ2) is 9.05. The van der Waals surface area contributed by atoms with Crippen molar-refractivity contribution >= 4 is 18.0 Å². The van der Waals surface area contributed by atoms with Crippen LogP contribution in [0.4, 0.5) is 4.79 Å². The van der Waals surface area contributed by atoms with Crippen molar-refractivity contribution < 1.29 is 24.2 Å². The molecule has 0 spiro atoms. The minimum Gasteiger partial charge on any atom is -0.273 e. The Labute approximate surface area is 147 Å². The first-order chi connectivity index (χ1) is 12.0. The maximum atomic E-state index is 12.2. The zero-order chi connectivity index (χ0) is 18.2. The lowest BCUT2D eigenvalue weighted by Gasteiger charge is -2.37. The third-order valence-electron chi connectivity index (χ3n) is 3.91. The van der Waals surface area contributed by atoms with Crippen LogP contribution in [0.2, 0.25) is 0 Å². The van der Waals surface area contributed by atoms with Crippen LogP contribution in [0.1, 0.15) is 38.7 Å². The number of nitrogens with zero attached hydrogens (tertiary/aromatic N) is 2. The third kappa shape index (κ3) is 5.48. The summed E-state index contributed by atoms with van der Waals surface area (Å²) in [6.45, 7) is 4.35. The first-order valence-electron chi connectivity index (χ1n) is 8.53. The van der Waals surface area contributed by atoms with Crippen molar-refractivity contribution in [2.24, 2.45) is 5.92 Å². The van der Waals surface area contributed by atoms with Crippen molar-refractivity contribution in [2.75, 3.05) is 13.1 Å². The van der Waals surface area contributed by atoms with Crippen LogP contribution >= 0.6 is 0 Å². The molecule has 7 nitrogen and oxygen atoms in total. The van der Waals surface area contributed by atoms with Crippen LogP contribution < -0.4 is 0 Å². The van der Waals surface area contributed by atoms with E-state index in [-0.39, 0.29) is 18.2 Å². The number of hydrazine groups is 1. The molecule has 0 aromatic heterocycles. The van der Waals surface area contributed by atoms with Gasteiger partial charge in [0.05, 0.1) is 6.42 Å². The Hall–Kier alpha value is -2.57. The minimum atomic E-state index is -0.846. The van der Waals surface area contributed by atoms with Crippen molar-refractivity contribution in [3.8, 4) is 0 Å². The summed E-state index contributed by atoms with van der Waals surface area (Å²) < 4.78 is 0. The predicted octanol–water partition coefficient (Wildman–Crippen LogP) is 2.71. The van der Waals surface area contributed by atoms with Crippen LogP contribution in [0.25, 0.3) is 0 Å². The molecule has 0 bridgehead atoms. The van der Waals surface area contributed by atoms with Gasteiger partial charge in [0.1, 0.15) is 0 Å². The topological polar surface area (TPSA) is 76.2 Å². The number of carbonyl (C=O) groups is 3. The first kappa shape index (κ1) is 18.8. The van der Waals surface area contributed by atoms with Gasteiger partial charge in [-0.15, -0.1) is 0 Å². The molecular weight excluding hydrogens is 324 g/mol. The molecule has 7 heteroatoms. The number of aryl methyl sites for hydroxylation is 1. The molecule has 0 N–H and O–H groups in total. The SMILES string of the molecule is CC(C)C(=O)N1CCCCN1C(=O)OOC(=O)CCc1ccccc1. The summed E-state index contributed by atoms with van der Waals surface area (Å²) in [4.78, 5) is 45.3. The lowest BCUT2D eigenvalue weighted by molar-refractivity contribution is -0.244. The molecule has 1 heterocycles. The van der Waals surface area contributed by atoms with E-state index in [2.05, 4.69) is 9.78 Å². The maximum absolute atomic E-state index is 12.2. The number of rotatable bonds is 4. The van der Waals surface area contributed by atoms with E-state index in [4.69, 9.17) is 0 Å². The zero-order valence-corrected chi connectivity index (χ0v) is 14.6. The summed E-state index contributed by atoms with van der Waals surface area (Å²) in [7, 11) is 0. The molecule has 1 aliphatic rings. The smallest absolute Gasteiger partial charge is 0.273 e. The fourth-order valence-corrected chi connectivity index (χ4v) is 2.54. The Balaban J connectivity index is 1.81. The molecule has 136 valence electrons. The van der Waals surface area contributed by atoms with E-state index in [0.717, 1.165) is 18.4 Å². The Bertz CT molecular complexity index is 603. The van der Waals surface area contributed by atoms with Gasteiger partial charge in [0.15, 0.2) is 0 Å². The fraction of sp³-hybridized carbons (Fsp3) is 0.500. The van der Waals surface area contributed by atoms with Crippen molar-refractivity contribution in [1.82, 2.24) is 10.0 Å². The molecule has 2 rings (SSSR count). The summed E-state index contributed by atoms with van der Waals surface area (Å²) in [5.74, 6) is -1.02. The molecule has 1 aliphatic heterocycles. The van der Waals surface area contributed by atoms with E-state index in [1.807, 2.05) is 30.3 Å². The number of benzene rings is 1. The summed E-state index contributed by atoms with van der Waals surface area (Å²) in [6.07, 6.45) is 1.34. The lowest BCUT2D eigenvalue weighted by Crippen LogP contribution is -2.54. The normalized spacial score (nSPS) is 14.4. The molecule has 0 aliphatic carbocycles. The molecule has 1 aromatic carbocycles. The van der Waals surface area contributed by atoms with Gasteiger partial charge in [0, 0.05) is 19.0 Å². The maximum Gasteiger partial charge on any atom is 0.471 e. The molecule has 1 fully saturated rings. The van der Waals surface area contributed by atoms with Gasteiger partial charge in [-0.2, -0.15) is 0 Å². The largest absolute Gasteiger partial charge is 0.471 e. The van der Waals surface area contributed by atoms with Gasteiger partial charge >= 0.3 is 12.1 Å². The minimum absolute atomic E-state index is 0.103. The first-order valence-corrected chi connectivity index (χ1v) is 8.53. The molecule has 0 radical (unpaired) electrons. The van der Waals surface area contributed by atoms with E-state index >= 15 is 0 Å². The van der Waals surface area contributed by atoms with Crippen LogP contribution in [0, 0.1) is 5.92 Å². The Morgan fingerprint density at radius 3 is 2.28 bits per heavy atom. The number of hydrogen-bond acceptors (Lipinski definition) is 5. The number of amides is 2. The van der Waals surface area contributed by atoms with Gasteiger partial charge in [-0.25, -0.2) is 29.4 Å². The molecule has 25 heavy (non-hydrogen) atoms. The molecule has 0 unspecified atom stereocenters. The second-order valence-electron chi connectivity index (χ2n) is 6.24. The van der Waals surface area contributed by atoms with Gasteiger partial charge in [-0.05, 0) is 24.8 Å². The monoisotopic (exact) mass is 348 g/mol. The predicted molar refractivity (Wildman–Crippen MR) is 89.8 cm³/mol. The highest BCUT2D eigenvalue weighted by Crippen LogP contribution is 2.16. The van der Waals surface area contributed by atoms with Crippen LogP contribution in [0.15, 0.2) is 30.3 Å². The summed E-state index contributed by atoms with van der Waals surface area (Å²) in [5.41, 5.74) is 0.996. The van der Waals surface area contributed by atoms with Gasteiger partial charge < -0.3 is 0 Å². The van der Waals surface area contributed by atoms with E-state index in [9.17, 15) is 14.4 Å². The van der Waals surface area contributed by atoms with Crippen LogP contribution in [-0.4, -0.2) is 41.1 Å². The molecule has 0 atom stereocenters. The third-order valence-corrected chi connectivity index (χ3v) is 3.91. The van der Waals surface area contributed by atoms with Gasteiger partial charge in [-0.3, -0.25) is 4.79 Å². The molecular formula is C18H24N2O5. The van der Waals surface area contributed by atoms with Crippen molar-refractivity contribution in [3.63, 3.8) is 0 Å².